The number of hydrogen-bond acceptors (Lipinski definition) is 5. The number of aryl methyl sites for hydroxylation is 2. The summed E-state index contributed by atoms with van der Waals surface area (Å²) in [5, 5.41) is 8.91. The van der Waals surface area contributed by atoms with Crippen molar-refractivity contribution in [3.8, 4) is 0 Å². The van der Waals surface area contributed by atoms with Crippen LogP contribution in [0.15, 0.2) is 24.0 Å². The molecule has 3 aromatic rings. The number of nitrogens with zero attached hydrogens (tertiary/aromatic N) is 4. The monoisotopic (exact) mass is 273 g/mol. The fourth-order valence-electron chi connectivity index (χ4n) is 2.15. The maximum atomic E-state index is 4.46. The Hall–Kier alpha value is -1.95. The Balaban J connectivity index is 1.91. The zero-order valence-corrected chi connectivity index (χ0v) is 11.9. The minimum atomic E-state index is 0.226. The molecule has 1 N–H and O–H groups in total. The van der Waals surface area contributed by atoms with Crippen LogP contribution in [-0.2, 0) is 7.05 Å². The van der Waals surface area contributed by atoms with Crippen LogP contribution in [0.2, 0.25) is 0 Å². The van der Waals surface area contributed by atoms with E-state index >= 15 is 0 Å². The fraction of sp³-hybridized carbons (Fsp3) is 0.308. The second-order valence-corrected chi connectivity index (χ2v) is 5.49. The zero-order valence-electron chi connectivity index (χ0n) is 11.1. The molecule has 6 heteroatoms. The molecule has 98 valence electrons. The molecule has 0 saturated heterocycles. The van der Waals surface area contributed by atoms with Crippen molar-refractivity contribution in [2.75, 3.05) is 5.32 Å². The number of rotatable bonds is 3. The van der Waals surface area contributed by atoms with Gasteiger partial charge >= 0.3 is 0 Å². The van der Waals surface area contributed by atoms with Gasteiger partial charge in [-0.25, -0.2) is 4.98 Å². The second kappa shape index (κ2) is 4.62. The summed E-state index contributed by atoms with van der Waals surface area (Å²) < 4.78 is 1.81. The van der Waals surface area contributed by atoms with Crippen molar-refractivity contribution in [3.05, 3.63) is 34.5 Å². The molecule has 0 fully saturated rings. The molecule has 5 nitrogen and oxygen atoms in total. The number of anilines is 1. The quantitative estimate of drug-likeness (QED) is 0.797. The van der Waals surface area contributed by atoms with Crippen molar-refractivity contribution in [1.82, 2.24) is 19.7 Å². The maximum Gasteiger partial charge on any atom is 0.157 e. The van der Waals surface area contributed by atoms with Gasteiger partial charge in [0.1, 0.15) is 0 Å². The van der Waals surface area contributed by atoms with Gasteiger partial charge in [-0.3, -0.25) is 9.67 Å². The van der Waals surface area contributed by atoms with E-state index in [1.54, 1.807) is 16.0 Å². The molecule has 0 aliphatic carbocycles. The van der Waals surface area contributed by atoms with Crippen LogP contribution in [-0.4, -0.2) is 19.7 Å². The molecule has 3 heterocycles. The van der Waals surface area contributed by atoms with Gasteiger partial charge in [0, 0.05) is 23.5 Å². The van der Waals surface area contributed by atoms with Gasteiger partial charge in [0.15, 0.2) is 5.65 Å². The summed E-state index contributed by atoms with van der Waals surface area (Å²) in [7, 11) is 1.91. The van der Waals surface area contributed by atoms with Crippen molar-refractivity contribution < 1.29 is 0 Å². The Morgan fingerprint density at radius 1 is 1.37 bits per heavy atom. The molecule has 0 spiro atoms. The topological polar surface area (TPSA) is 55.6 Å². The highest BCUT2D eigenvalue weighted by atomic mass is 32.1. The van der Waals surface area contributed by atoms with Crippen LogP contribution in [0.3, 0.4) is 0 Å². The van der Waals surface area contributed by atoms with Gasteiger partial charge < -0.3 is 5.32 Å². The van der Waals surface area contributed by atoms with E-state index in [2.05, 4.69) is 33.4 Å². The van der Waals surface area contributed by atoms with E-state index in [9.17, 15) is 0 Å². The van der Waals surface area contributed by atoms with Crippen molar-refractivity contribution in [1.29, 1.82) is 0 Å². The van der Waals surface area contributed by atoms with Crippen molar-refractivity contribution in [2.24, 2.45) is 7.05 Å². The zero-order chi connectivity index (χ0) is 13.4. The molecule has 0 aromatic carbocycles. The third-order valence-corrected chi connectivity index (χ3v) is 4.08. The Labute approximate surface area is 115 Å². The first-order valence-corrected chi connectivity index (χ1v) is 6.97. The standard InChI is InChI=1S/C13H15N5S/c1-8-11-4-10(5-15-13(11)18(3)17-8)16-9(2)12-6-14-7-19-12/h4-7,9,16H,1-3H3. The van der Waals surface area contributed by atoms with Crippen LogP contribution in [0.1, 0.15) is 23.5 Å². The smallest absolute Gasteiger partial charge is 0.157 e. The summed E-state index contributed by atoms with van der Waals surface area (Å²) >= 11 is 1.65. The Morgan fingerprint density at radius 3 is 2.95 bits per heavy atom. The predicted octanol–water partition coefficient (Wildman–Crippen LogP) is 2.91. The highest BCUT2D eigenvalue weighted by Gasteiger charge is 2.10. The van der Waals surface area contributed by atoms with Crippen molar-refractivity contribution in [3.63, 3.8) is 0 Å². The molecule has 0 aliphatic heterocycles. The van der Waals surface area contributed by atoms with Crippen molar-refractivity contribution in [2.45, 2.75) is 19.9 Å². The molecular weight excluding hydrogens is 258 g/mol. The van der Waals surface area contributed by atoms with Crippen LogP contribution in [0.25, 0.3) is 11.0 Å². The number of pyridine rings is 1. The third kappa shape index (κ3) is 2.19. The molecular formula is C13H15N5S. The highest BCUT2D eigenvalue weighted by Crippen LogP contribution is 2.24. The van der Waals surface area contributed by atoms with E-state index in [0.717, 1.165) is 22.4 Å². The van der Waals surface area contributed by atoms with E-state index < -0.39 is 0 Å². The van der Waals surface area contributed by atoms with Gasteiger partial charge in [-0.15, -0.1) is 11.3 Å². The first-order valence-electron chi connectivity index (χ1n) is 6.09. The van der Waals surface area contributed by atoms with Crippen LogP contribution in [0, 0.1) is 6.92 Å². The summed E-state index contributed by atoms with van der Waals surface area (Å²) in [5.74, 6) is 0. The number of nitrogens with one attached hydrogen (secondary N) is 1. The van der Waals surface area contributed by atoms with Gasteiger partial charge in [-0.05, 0) is 19.9 Å². The lowest BCUT2D eigenvalue weighted by Gasteiger charge is -2.12. The molecule has 19 heavy (non-hydrogen) atoms. The predicted molar refractivity (Wildman–Crippen MR) is 77.4 cm³/mol. The lowest BCUT2D eigenvalue weighted by molar-refractivity contribution is 0.774. The van der Waals surface area contributed by atoms with Crippen LogP contribution < -0.4 is 5.32 Å². The fourth-order valence-corrected chi connectivity index (χ4v) is 2.78. The Morgan fingerprint density at radius 2 is 2.21 bits per heavy atom. The average Bonchev–Trinajstić information content (AvgIpc) is 2.99. The molecule has 3 rings (SSSR count). The molecule has 1 unspecified atom stereocenters. The summed E-state index contributed by atoms with van der Waals surface area (Å²) in [6.07, 6.45) is 3.74. The maximum absolute atomic E-state index is 4.46. The normalized spacial score (nSPS) is 12.8. The van der Waals surface area contributed by atoms with Crippen molar-refractivity contribution >= 4 is 28.1 Å². The van der Waals surface area contributed by atoms with E-state index in [4.69, 9.17) is 0 Å². The SMILES string of the molecule is Cc1nn(C)c2ncc(NC(C)c3cncs3)cc12. The van der Waals surface area contributed by atoms with Crippen LogP contribution in [0.4, 0.5) is 5.69 Å². The third-order valence-electron chi connectivity index (χ3n) is 3.12. The number of thiazole rings is 1. The average molecular weight is 273 g/mol. The van der Waals surface area contributed by atoms with E-state index in [1.165, 1.54) is 4.88 Å². The number of hydrogen-bond donors (Lipinski definition) is 1. The van der Waals surface area contributed by atoms with E-state index in [0.29, 0.717) is 0 Å². The van der Waals surface area contributed by atoms with Gasteiger partial charge in [0.05, 0.1) is 29.1 Å². The van der Waals surface area contributed by atoms with Crippen LogP contribution >= 0.6 is 11.3 Å². The molecule has 0 amide bonds. The minimum Gasteiger partial charge on any atom is -0.376 e. The van der Waals surface area contributed by atoms with Gasteiger partial charge in [0.25, 0.3) is 0 Å². The largest absolute Gasteiger partial charge is 0.376 e. The summed E-state index contributed by atoms with van der Waals surface area (Å²) in [6, 6.07) is 2.33. The van der Waals surface area contributed by atoms with Gasteiger partial charge in [0.2, 0.25) is 0 Å². The number of aromatic nitrogens is 4. The molecule has 0 saturated carbocycles. The molecule has 3 aromatic heterocycles. The highest BCUT2D eigenvalue weighted by molar-refractivity contribution is 7.09. The van der Waals surface area contributed by atoms with Gasteiger partial charge in [-0.1, -0.05) is 0 Å². The van der Waals surface area contributed by atoms with E-state index in [1.807, 2.05) is 31.9 Å². The van der Waals surface area contributed by atoms with Crippen LogP contribution in [0.5, 0.6) is 0 Å². The summed E-state index contributed by atoms with van der Waals surface area (Å²) in [5.41, 5.74) is 4.76. The molecule has 0 radical (unpaired) electrons. The van der Waals surface area contributed by atoms with E-state index in [-0.39, 0.29) is 6.04 Å². The first-order chi connectivity index (χ1) is 9.15. The minimum absolute atomic E-state index is 0.226. The number of fused-ring (bicyclic) bond motifs is 1. The molecule has 0 bridgehead atoms. The second-order valence-electron chi connectivity index (χ2n) is 4.57. The summed E-state index contributed by atoms with van der Waals surface area (Å²) in [4.78, 5) is 9.77. The van der Waals surface area contributed by atoms with Gasteiger partial charge in [-0.2, -0.15) is 5.10 Å². The summed E-state index contributed by atoms with van der Waals surface area (Å²) in [6.45, 7) is 4.12. The lowest BCUT2D eigenvalue weighted by Crippen LogP contribution is -2.05. The first kappa shape index (κ1) is 12.1. The Bertz CT molecular complexity index is 701. The lowest BCUT2D eigenvalue weighted by atomic mass is 10.2. The Kier molecular flexibility index (Phi) is 2.94. The molecule has 0 aliphatic rings. The molecule has 1 atom stereocenters.